The van der Waals surface area contributed by atoms with E-state index in [1.807, 2.05) is 12.1 Å². The van der Waals surface area contributed by atoms with Crippen molar-refractivity contribution in [3.8, 4) is 5.75 Å². The zero-order valence-corrected chi connectivity index (χ0v) is 12.2. The zero-order chi connectivity index (χ0) is 12.8. The molecular weight excluding hydrogens is 280 g/mol. The van der Waals surface area contributed by atoms with Gasteiger partial charge in [-0.3, -0.25) is 4.79 Å². The van der Waals surface area contributed by atoms with E-state index in [9.17, 15) is 4.79 Å². The predicted molar refractivity (Wildman–Crippen MR) is 74.1 cm³/mol. The molecule has 2 nitrogen and oxygen atoms in total. The molecule has 0 aliphatic rings. The lowest BCUT2D eigenvalue weighted by Gasteiger charge is -2.18. The van der Waals surface area contributed by atoms with Crippen LogP contribution in [0.5, 0.6) is 5.75 Å². The highest BCUT2D eigenvalue weighted by Crippen LogP contribution is 2.18. The van der Waals surface area contributed by atoms with E-state index in [4.69, 9.17) is 4.74 Å². The molecule has 3 heteroatoms. The van der Waals surface area contributed by atoms with Gasteiger partial charge < -0.3 is 4.74 Å². The Morgan fingerprint density at radius 3 is 2.65 bits per heavy atom. The minimum Gasteiger partial charge on any atom is -0.493 e. The van der Waals surface area contributed by atoms with Crippen molar-refractivity contribution in [1.82, 2.24) is 0 Å². The van der Waals surface area contributed by atoms with Crippen LogP contribution in [0.25, 0.3) is 0 Å². The number of Topliss-reactive ketones (excluding diaryl/α,β-unsaturated/α-hetero) is 1. The number of carbonyl (C=O) groups is 1. The van der Waals surface area contributed by atoms with Crippen LogP contribution >= 0.6 is 15.9 Å². The lowest BCUT2D eigenvalue weighted by molar-refractivity contribution is 0.101. The van der Waals surface area contributed by atoms with E-state index in [1.165, 1.54) is 0 Å². The molecule has 0 fully saturated rings. The fraction of sp³-hybridized carbons (Fsp3) is 0.500. The number of hydrogen-bond acceptors (Lipinski definition) is 2. The van der Waals surface area contributed by atoms with Crippen molar-refractivity contribution in [2.24, 2.45) is 11.8 Å². The molecule has 0 amide bonds. The average molecular weight is 299 g/mol. The maximum Gasteiger partial charge on any atom is 0.159 e. The number of carbonyl (C=O) groups excluding carboxylic acids is 1. The maximum absolute atomic E-state index is 11.2. The fourth-order valence-corrected chi connectivity index (χ4v) is 2.36. The van der Waals surface area contributed by atoms with Gasteiger partial charge in [-0.05, 0) is 25.0 Å². The standard InChI is InChI=1S/C14H19BrO2/c1-10(2)13(8-15)9-17-14-6-4-5-12(7-14)11(3)16/h4-7,10,13H,8-9H2,1-3H3. The van der Waals surface area contributed by atoms with Crippen LogP contribution < -0.4 is 4.74 Å². The number of hydrogen-bond donors (Lipinski definition) is 0. The van der Waals surface area contributed by atoms with E-state index < -0.39 is 0 Å². The first-order chi connectivity index (χ1) is 8.04. The Bertz CT molecular complexity index is 374. The molecule has 0 heterocycles. The Kier molecular flexibility index (Phi) is 5.69. The van der Waals surface area contributed by atoms with Gasteiger partial charge in [0.2, 0.25) is 0 Å². The minimum atomic E-state index is 0.0661. The Hall–Kier alpha value is -0.830. The quantitative estimate of drug-likeness (QED) is 0.587. The summed E-state index contributed by atoms with van der Waals surface area (Å²) in [5.41, 5.74) is 0.697. The highest BCUT2D eigenvalue weighted by atomic mass is 79.9. The van der Waals surface area contributed by atoms with Crippen molar-refractivity contribution in [3.63, 3.8) is 0 Å². The van der Waals surface area contributed by atoms with E-state index in [2.05, 4.69) is 29.8 Å². The molecule has 0 saturated heterocycles. The molecule has 1 rings (SSSR count). The maximum atomic E-state index is 11.2. The van der Waals surface area contributed by atoms with Gasteiger partial charge in [0.25, 0.3) is 0 Å². The molecule has 0 bridgehead atoms. The van der Waals surface area contributed by atoms with Crippen LogP contribution in [0.4, 0.5) is 0 Å². The van der Waals surface area contributed by atoms with Crippen molar-refractivity contribution >= 4 is 21.7 Å². The normalized spacial score (nSPS) is 12.5. The molecule has 0 aliphatic carbocycles. The van der Waals surface area contributed by atoms with Gasteiger partial charge in [0.15, 0.2) is 5.78 Å². The molecule has 94 valence electrons. The van der Waals surface area contributed by atoms with E-state index in [1.54, 1.807) is 19.1 Å². The summed E-state index contributed by atoms with van der Waals surface area (Å²) in [4.78, 5) is 11.2. The van der Waals surface area contributed by atoms with E-state index in [-0.39, 0.29) is 5.78 Å². The average Bonchev–Trinajstić information content (AvgIpc) is 2.29. The number of alkyl halides is 1. The van der Waals surface area contributed by atoms with Crippen LogP contribution in [0.3, 0.4) is 0 Å². The second-order valence-corrected chi connectivity index (χ2v) is 5.20. The number of ketones is 1. The van der Waals surface area contributed by atoms with Crippen LogP contribution in [0, 0.1) is 11.8 Å². The Labute approximate surface area is 111 Å². The first-order valence-electron chi connectivity index (χ1n) is 5.84. The number of benzene rings is 1. The lowest BCUT2D eigenvalue weighted by Crippen LogP contribution is -2.19. The molecule has 1 unspecified atom stereocenters. The van der Waals surface area contributed by atoms with Gasteiger partial charge >= 0.3 is 0 Å². The van der Waals surface area contributed by atoms with Crippen LogP contribution in [-0.4, -0.2) is 17.7 Å². The molecule has 17 heavy (non-hydrogen) atoms. The van der Waals surface area contributed by atoms with Crippen LogP contribution in [0.2, 0.25) is 0 Å². The highest BCUT2D eigenvalue weighted by Gasteiger charge is 2.12. The van der Waals surface area contributed by atoms with Gasteiger partial charge in [-0.25, -0.2) is 0 Å². The van der Waals surface area contributed by atoms with Gasteiger partial charge in [-0.2, -0.15) is 0 Å². The van der Waals surface area contributed by atoms with Crippen molar-refractivity contribution < 1.29 is 9.53 Å². The predicted octanol–water partition coefficient (Wildman–Crippen LogP) is 3.94. The molecule has 1 aromatic rings. The SMILES string of the molecule is CC(=O)c1cccc(OCC(CBr)C(C)C)c1. The summed E-state index contributed by atoms with van der Waals surface area (Å²) in [6, 6.07) is 7.34. The van der Waals surface area contributed by atoms with Gasteiger partial charge in [-0.1, -0.05) is 41.9 Å². The molecule has 0 aromatic heterocycles. The summed E-state index contributed by atoms with van der Waals surface area (Å²) in [7, 11) is 0. The lowest BCUT2D eigenvalue weighted by atomic mass is 9.99. The van der Waals surface area contributed by atoms with Crippen molar-refractivity contribution in [2.45, 2.75) is 20.8 Å². The van der Waals surface area contributed by atoms with Crippen LogP contribution in [0.15, 0.2) is 24.3 Å². The van der Waals surface area contributed by atoms with E-state index >= 15 is 0 Å². The monoisotopic (exact) mass is 298 g/mol. The summed E-state index contributed by atoms with van der Waals surface area (Å²) in [6.45, 7) is 6.60. The van der Waals surface area contributed by atoms with Gasteiger partial charge in [0, 0.05) is 16.8 Å². The molecule has 0 spiro atoms. The van der Waals surface area contributed by atoms with E-state index in [0.717, 1.165) is 11.1 Å². The summed E-state index contributed by atoms with van der Waals surface area (Å²) >= 11 is 3.49. The van der Waals surface area contributed by atoms with Gasteiger partial charge in [-0.15, -0.1) is 0 Å². The number of halogens is 1. The smallest absolute Gasteiger partial charge is 0.159 e. The molecule has 0 saturated carbocycles. The second-order valence-electron chi connectivity index (χ2n) is 4.55. The third-order valence-corrected chi connectivity index (χ3v) is 3.68. The second kappa shape index (κ2) is 6.80. The first-order valence-corrected chi connectivity index (χ1v) is 6.96. The Balaban J connectivity index is 2.62. The summed E-state index contributed by atoms with van der Waals surface area (Å²) in [6.07, 6.45) is 0. The highest BCUT2D eigenvalue weighted by molar-refractivity contribution is 9.09. The largest absolute Gasteiger partial charge is 0.493 e. The third-order valence-electron chi connectivity index (χ3n) is 2.85. The van der Waals surface area contributed by atoms with Crippen molar-refractivity contribution in [3.05, 3.63) is 29.8 Å². The van der Waals surface area contributed by atoms with Crippen LogP contribution in [-0.2, 0) is 0 Å². The Morgan fingerprint density at radius 2 is 2.12 bits per heavy atom. The molecular formula is C14H19BrO2. The summed E-state index contributed by atoms with van der Waals surface area (Å²) in [5.74, 6) is 1.89. The fourth-order valence-electron chi connectivity index (χ4n) is 1.42. The topological polar surface area (TPSA) is 26.3 Å². The summed E-state index contributed by atoms with van der Waals surface area (Å²) < 4.78 is 5.73. The molecule has 0 aliphatic heterocycles. The van der Waals surface area contributed by atoms with E-state index in [0.29, 0.717) is 24.0 Å². The molecule has 0 radical (unpaired) electrons. The molecule has 0 N–H and O–H groups in total. The first kappa shape index (κ1) is 14.2. The third kappa shape index (κ3) is 4.50. The van der Waals surface area contributed by atoms with Crippen LogP contribution in [0.1, 0.15) is 31.1 Å². The molecule has 1 atom stereocenters. The molecule has 1 aromatic carbocycles. The van der Waals surface area contributed by atoms with Crippen molar-refractivity contribution in [2.75, 3.05) is 11.9 Å². The number of ether oxygens (including phenoxy) is 1. The Morgan fingerprint density at radius 1 is 1.41 bits per heavy atom. The summed E-state index contributed by atoms with van der Waals surface area (Å²) in [5, 5.41) is 0.928. The zero-order valence-electron chi connectivity index (χ0n) is 10.6. The number of rotatable bonds is 6. The minimum absolute atomic E-state index is 0.0661. The van der Waals surface area contributed by atoms with Gasteiger partial charge in [0.05, 0.1) is 6.61 Å². The van der Waals surface area contributed by atoms with Crippen molar-refractivity contribution in [1.29, 1.82) is 0 Å². The van der Waals surface area contributed by atoms with Gasteiger partial charge in [0.1, 0.15) is 5.75 Å².